The molecule has 5 heteroatoms. The van der Waals surface area contributed by atoms with Crippen LogP contribution in [0.3, 0.4) is 0 Å². The van der Waals surface area contributed by atoms with Crippen molar-refractivity contribution in [2.75, 3.05) is 0 Å². The summed E-state index contributed by atoms with van der Waals surface area (Å²) in [6.07, 6.45) is 1.50. The number of benzene rings is 1. The summed E-state index contributed by atoms with van der Waals surface area (Å²) in [5.74, 6) is -0.441. The van der Waals surface area contributed by atoms with Crippen molar-refractivity contribution in [2.45, 2.75) is 13.5 Å². The summed E-state index contributed by atoms with van der Waals surface area (Å²) in [6.45, 7) is 1.62. The molecular weight excluding hydrogens is 231 g/mol. The van der Waals surface area contributed by atoms with Gasteiger partial charge in [-0.05, 0) is 19.1 Å². The average molecular weight is 241 g/mol. The van der Waals surface area contributed by atoms with E-state index < -0.39 is 5.82 Å². The Balaban J connectivity index is 2.63. The minimum atomic E-state index is -0.441. The number of hydrogen-bond acceptors (Lipinski definition) is 2. The molecule has 0 aliphatic carbocycles. The van der Waals surface area contributed by atoms with Crippen LogP contribution in [0.2, 0.25) is 5.02 Å². The van der Waals surface area contributed by atoms with Gasteiger partial charge in [0.1, 0.15) is 11.5 Å². The standard InChI is InChI=1S/C11H10ClFN2O/c1-7-8(6-16)5-14-15(7)11-9(12)3-2-4-10(11)13/h2-5,16H,6H2,1H3. The molecule has 0 spiro atoms. The Bertz CT molecular complexity index is 504. The van der Waals surface area contributed by atoms with Crippen LogP contribution >= 0.6 is 11.6 Å². The van der Waals surface area contributed by atoms with Gasteiger partial charge in [-0.3, -0.25) is 0 Å². The molecule has 0 radical (unpaired) electrons. The van der Waals surface area contributed by atoms with Crippen molar-refractivity contribution in [3.8, 4) is 5.69 Å². The first-order valence-corrected chi connectivity index (χ1v) is 5.11. The van der Waals surface area contributed by atoms with Crippen LogP contribution in [0.25, 0.3) is 5.69 Å². The third-order valence-electron chi connectivity index (χ3n) is 2.43. The Morgan fingerprint density at radius 3 is 2.81 bits per heavy atom. The van der Waals surface area contributed by atoms with E-state index in [0.29, 0.717) is 11.3 Å². The van der Waals surface area contributed by atoms with Crippen LogP contribution in [0, 0.1) is 12.7 Å². The Hall–Kier alpha value is -1.39. The Morgan fingerprint density at radius 1 is 1.50 bits per heavy atom. The maximum atomic E-state index is 13.6. The lowest BCUT2D eigenvalue weighted by Crippen LogP contribution is -2.03. The van der Waals surface area contributed by atoms with E-state index in [1.54, 1.807) is 13.0 Å². The maximum absolute atomic E-state index is 13.6. The predicted octanol–water partition coefficient (Wildman–Crippen LogP) is 2.47. The summed E-state index contributed by atoms with van der Waals surface area (Å²) in [6, 6.07) is 4.45. The lowest BCUT2D eigenvalue weighted by Gasteiger charge is -2.08. The molecule has 2 aromatic rings. The number of aliphatic hydroxyl groups excluding tert-OH is 1. The highest BCUT2D eigenvalue weighted by atomic mass is 35.5. The molecule has 16 heavy (non-hydrogen) atoms. The van der Waals surface area contributed by atoms with E-state index in [2.05, 4.69) is 5.10 Å². The van der Waals surface area contributed by atoms with Gasteiger partial charge in [-0.25, -0.2) is 9.07 Å². The van der Waals surface area contributed by atoms with E-state index in [0.717, 1.165) is 0 Å². The molecule has 0 bridgehead atoms. The fraction of sp³-hybridized carbons (Fsp3) is 0.182. The van der Waals surface area contributed by atoms with Crippen LogP contribution in [-0.2, 0) is 6.61 Å². The van der Waals surface area contributed by atoms with Crippen molar-refractivity contribution < 1.29 is 9.50 Å². The zero-order chi connectivity index (χ0) is 11.7. The molecule has 0 saturated heterocycles. The molecule has 3 nitrogen and oxygen atoms in total. The van der Waals surface area contributed by atoms with Crippen LogP contribution in [0.15, 0.2) is 24.4 Å². The van der Waals surface area contributed by atoms with Crippen LogP contribution in [0.5, 0.6) is 0 Å². The second kappa shape index (κ2) is 4.23. The van der Waals surface area contributed by atoms with Gasteiger partial charge in [0.2, 0.25) is 0 Å². The van der Waals surface area contributed by atoms with Crippen molar-refractivity contribution in [1.82, 2.24) is 9.78 Å². The molecule has 1 heterocycles. The van der Waals surface area contributed by atoms with Crippen LogP contribution in [-0.4, -0.2) is 14.9 Å². The quantitative estimate of drug-likeness (QED) is 0.876. The van der Waals surface area contributed by atoms with Crippen LogP contribution in [0.4, 0.5) is 4.39 Å². The van der Waals surface area contributed by atoms with Crippen LogP contribution < -0.4 is 0 Å². The van der Waals surface area contributed by atoms with Gasteiger partial charge in [-0.1, -0.05) is 17.7 Å². The average Bonchev–Trinajstić information content (AvgIpc) is 2.60. The van der Waals surface area contributed by atoms with E-state index >= 15 is 0 Å². The fourth-order valence-electron chi connectivity index (χ4n) is 1.52. The number of aromatic nitrogens is 2. The van der Waals surface area contributed by atoms with E-state index in [-0.39, 0.29) is 17.3 Å². The minimum Gasteiger partial charge on any atom is -0.392 e. The van der Waals surface area contributed by atoms with Gasteiger partial charge in [0, 0.05) is 11.3 Å². The third kappa shape index (κ3) is 1.70. The molecule has 1 N–H and O–H groups in total. The van der Waals surface area contributed by atoms with Crippen molar-refractivity contribution in [3.05, 3.63) is 46.5 Å². The Kier molecular flexibility index (Phi) is 2.94. The second-order valence-corrected chi connectivity index (χ2v) is 3.80. The topological polar surface area (TPSA) is 38.1 Å². The second-order valence-electron chi connectivity index (χ2n) is 3.40. The molecule has 1 aromatic carbocycles. The Labute approximate surface area is 97.1 Å². The first-order chi connectivity index (χ1) is 7.65. The lowest BCUT2D eigenvalue weighted by atomic mass is 10.2. The summed E-state index contributed by atoms with van der Waals surface area (Å²) >= 11 is 5.93. The first kappa shape index (κ1) is 11.1. The highest BCUT2D eigenvalue weighted by Gasteiger charge is 2.14. The summed E-state index contributed by atoms with van der Waals surface area (Å²) < 4.78 is 15.0. The van der Waals surface area contributed by atoms with Crippen molar-refractivity contribution in [1.29, 1.82) is 0 Å². The van der Waals surface area contributed by atoms with Gasteiger partial charge < -0.3 is 5.11 Å². The van der Waals surface area contributed by atoms with Gasteiger partial charge in [0.05, 0.1) is 17.8 Å². The van der Waals surface area contributed by atoms with E-state index in [1.165, 1.54) is 23.0 Å². The van der Waals surface area contributed by atoms with Gasteiger partial charge in [0.15, 0.2) is 0 Å². The number of hydrogen-bond donors (Lipinski definition) is 1. The monoisotopic (exact) mass is 240 g/mol. The Morgan fingerprint density at radius 2 is 2.25 bits per heavy atom. The van der Waals surface area contributed by atoms with Crippen LogP contribution in [0.1, 0.15) is 11.3 Å². The number of nitrogens with zero attached hydrogens (tertiary/aromatic N) is 2. The molecule has 0 unspecified atom stereocenters. The first-order valence-electron chi connectivity index (χ1n) is 4.74. The largest absolute Gasteiger partial charge is 0.392 e. The zero-order valence-electron chi connectivity index (χ0n) is 8.61. The molecule has 0 aliphatic heterocycles. The molecule has 2 rings (SSSR count). The van der Waals surface area contributed by atoms with Gasteiger partial charge in [0.25, 0.3) is 0 Å². The van der Waals surface area contributed by atoms with Gasteiger partial charge >= 0.3 is 0 Å². The molecule has 1 aromatic heterocycles. The molecule has 84 valence electrons. The highest BCUT2D eigenvalue weighted by Crippen LogP contribution is 2.24. The molecule has 0 amide bonds. The SMILES string of the molecule is Cc1c(CO)cnn1-c1c(F)cccc1Cl. The van der Waals surface area contributed by atoms with Gasteiger partial charge in [-0.15, -0.1) is 0 Å². The molecule has 0 atom stereocenters. The number of para-hydroxylation sites is 1. The highest BCUT2D eigenvalue weighted by molar-refractivity contribution is 6.32. The number of halogens is 2. The predicted molar refractivity (Wildman–Crippen MR) is 59.2 cm³/mol. The smallest absolute Gasteiger partial charge is 0.150 e. The van der Waals surface area contributed by atoms with E-state index in [1.807, 2.05) is 0 Å². The summed E-state index contributed by atoms with van der Waals surface area (Å²) in [5.41, 5.74) is 1.54. The molecule has 0 saturated carbocycles. The number of rotatable bonds is 2. The molecule has 0 aliphatic rings. The van der Waals surface area contributed by atoms with Gasteiger partial charge in [-0.2, -0.15) is 5.10 Å². The van der Waals surface area contributed by atoms with Crippen molar-refractivity contribution >= 4 is 11.6 Å². The number of aliphatic hydroxyl groups is 1. The maximum Gasteiger partial charge on any atom is 0.150 e. The van der Waals surface area contributed by atoms with E-state index in [9.17, 15) is 4.39 Å². The minimum absolute atomic E-state index is 0.127. The van der Waals surface area contributed by atoms with Crippen molar-refractivity contribution in [2.24, 2.45) is 0 Å². The molecule has 0 fully saturated rings. The summed E-state index contributed by atoms with van der Waals surface area (Å²) in [7, 11) is 0. The fourth-order valence-corrected chi connectivity index (χ4v) is 1.76. The molecular formula is C11H10ClFN2O. The third-order valence-corrected chi connectivity index (χ3v) is 2.74. The zero-order valence-corrected chi connectivity index (χ0v) is 9.37. The summed E-state index contributed by atoms with van der Waals surface area (Å²) in [5, 5.41) is 13.3. The normalized spacial score (nSPS) is 10.8. The van der Waals surface area contributed by atoms with Crippen molar-refractivity contribution in [3.63, 3.8) is 0 Å². The summed E-state index contributed by atoms with van der Waals surface area (Å²) in [4.78, 5) is 0. The van der Waals surface area contributed by atoms with E-state index in [4.69, 9.17) is 16.7 Å². The lowest BCUT2D eigenvalue weighted by molar-refractivity contribution is 0.281.